The zero-order chi connectivity index (χ0) is 13.2. The predicted octanol–water partition coefficient (Wildman–Crippen LogP) is 3.02. The zero-order valence-electron chi connectivity index (χ0n) is 12.3. The molecule has 4 aliphatic carbocycles. The minimum atomic E-state index is -0.128. The van der Waals surface area contributed by atoms with Crippen LogP contribution >= 0.6 is 0 Å². The molecule has 1 atom stereocenters. The number of ketones is 1. The van der Waals surface area contributed by atoms with Crippen LogP contribution in [0.3, 0.4) is 0 Å². The number of carbonyl (C=O) groups is 1. The van der Waals surface area contributed by atoms with Gasteiger partial charge in [0.05, 0.1) is 6.04 Å². The van der Waals surface area contributed by atoms with Crippen molar-refractivity contribution in [3.8, 4) is 0 Å². The molecular weight excluding hydrogens is 234 g/mol. The molecule has 5 aliphatic rings. The molecule has 0 aromatic heterocycles. The van der Waals surface area contributed by atoms with Crippen LogP contribution in [-0.4, -0.2) is 18.4 Å². The topological polar surface area (TPSA) is 29.1 Å². The van der Waals surface area contributed by atoms with Crippen LogP contribution < -0.4 is 5.32 Å². The first-order valence-corrected chi connectivity index (χ1v) is 8.30. The van der Waals surface area contributed by atoms with Crippen LogP contribution in [0.1, 0.15) is 52.4 Å². The third-order valence-corrected chi connectivity index (χ3v) is 6.70. The lowest BCUT2D eigenvalue weighted by atomic mass is 9.51. The van der Waals surface area contributed by atoms with Crippen molar-refractivity contribution in [2.75, 3.05) is 6.54 Å². The van der Waals surface area contributed by atoms with Gasteiger partial charge in [-0.2, -0.15) is 0 Å². The van der Waals surface area contributed by atoms with Crippen LogP contribution in [0.5, 0.6) is 0 Å². The van der Waals surface area contributed by atoms with Crippen molar-refractivity contribution in [3.63, 3.8) is 0 Å². The molecule has 4 bridgehead atoms. The molecule has 1 unspecified atom stereocenters. The Balaban J connectivity index is 1.48. The zero-order valence-corrected chi connectivity index (χ0v) is 12.3. The molecular formula is C17H27NO. The molecule has 1 heterocycles. The van der Waals surface area contributed by atoms with Gasteiger partial charge in [-0.25, -0.2) is 0 Å². The molecule has 0 aromatic carbocycles. The second-order valence-electron chi connectivity index (χ2n) is 8.51. The number of hydrogen-bond donors (Lipinski definition) is 1. The van der Waals surface area contributed by atoms with Gasteiger partial charge in [0.25, 0.3) is 0 Å². The summed E-state index contributed by atoms with van der Waals surface area (Å²) >= 11 is 0. The summed E-state index contributed by atoms with van der Waals surface area (Å²) in [6.45, 7) is 5.07. The van der Waals surface area contributed by atoms with Gasteiger partial charge in [0, 0.05) is 12.0 Å². The summed E-state index contributed by atoms with van der Waals surface area (Å²) < 4.78 is 0. The number of hydrogen-bond acceptors (Lipinski definition) is 2. The van der Waals surface area contributed by atoms with Crippen LogP contribution in [-0.2, 0) is 4.79 Å². The highest BCUT2D eigenvalue weighted by molar-refractivity contribution is 5.91. The van der Waals surface area contributed by atoms with Gasteiger partial charge >= 0.3 is 0 Å². The van der Waals surface area contributed by atoms with E-state index < -0.39 is 0 Å². The molecule has 1 aliphatic heterocycles. The highest BCUT2D eigenvalue weighted by Gasteiger charge is 2.50. The Bertz CT molecular complexity index is 372. The molecule has 0 radical (unpaired) electrons. The summed E-state index contributed by atoms with van der Waals surface area (Å²) in [4.78, 5) is 12.4. The molecule has 5 fully saturated rings. The van der Waals surface area contributed by atoms with Gasteiger partial charge in [-0.1, -0.05) is 13.8 Å². The molecule has 1 N–H and O–H groups in total. The number of nitrogens with one attached hydrogen (secondary N) is 1. The van der Waals surface area contributed by atoms with E-state index in [-0.39, 0.29) is 11.5 Å². The van der Waals surface area contributed by atoms with Gasteiger partial charge in [0.1, 0.15) is 0 Å². The molecule has 2 nitrogen and oxygen atoms in total. The molecule has 2 heteroatoms. The van der Waals surface area contributed by atoms with Crippen molar-refractivity contribution >= 4 is 5.78 Å². The average Bonchev–Trinajstić information content (AvgIpc) is 2.59. The molecule has 0 spiro atoms. The standard InChI is InChI=1S/C17H27NO/c1-17(2)9-18-15(16(17)19)8-14-12-4-10-3-11(6-12)7-13(14)5-10/h10-15,18H,3-9H2,1-2H3. The Morgan fingerprint density at radius 1 is 1.05 bits per heavy atom. The molecule has 19 heavy (non-hydrogen) atoms. The quantitative estimate of drug-likeness (QED) is 0.828. The van der Waals surface area contributed by atoms with Crippen molar-refractivity contribution in [2.24, 2.45) is 35.0 Å². The largest absolute Gasteiger partial charge is 0.306 e. The average molecular weight is 261 g/mol. The van der Waals surface area contributed by atoms with Crippen molar-refractivity contribution in [3.05, 3.63) is 0 Å². The van der Waals surface area contributed by atoms with E-state index in [1.807, 2.05) is 0 Å². The third kappa shape index (κ3) is 1.90. The first kappa shape index (κ1) is 12.4. The maximum Gasteiger partial charge on any atom is 0.156 e. The maximum atomic E-state index is 12.4. The summed E-state index contributed by atoms with van der Waals surface area (Å²) in [6.07, 6.45) is 8.55. The number of rotatable bonds is 2. The Hall–Kier alpha value is -0.370. The lowest BCUT2D eigenvalue weighted by Gasteiger charge is -2.55. The molecule has 0 amide bonds. The fourth-order valence-corrected chi connectivity index (χ4v) is 5.92. The maximum absolute atomic E-state index is 12.4. The van der Waals surface area contributed by atoms with Crippen LogP contribution in [0.2, 0.25) is 0 Å². The second kappa shape index (κ2) is 4.07. The Labute approximate surface area is 116 Å². The second-order valence-corrected chi connectivity index (χ2v) is 8.51. The fourth-order valence-electron chi connectivity index (χ4n) is 5.92. The van der Waals surface area contributed by atoms with Crippen LogP contribution in [0.25, 0.3) is 0 Å². The third-order valence-electron chi connectivity index (χ3n) is 6.70. The smallest absolute Gasteiger partial charge is 0.156 e. The van der Waals surface area contributed by atoms with E-state index in [1.54, 1.807) is 0 Å². The molecule has 0 aromatic rings. The van der Waals surface area contributed by atoms with Crippen LogP contribution in [0.15, 0.2) is 0 Å². The monoisotopic (exact) mass is 261 g/mol. The molecule has 5 rings (SSSR count). The van der Waals surface area contributed by atoms with Gasteiger partial charge in [0.2, 0.25) is 0 Å². The van der Waals surface area contributed by atoms with Crippen molar-refractivity contribution < 1.29 is 4.79 Å². The summed E-state index contributed by atoms with van der Waals surface area (Å²) in [5.41, 5.74) is -0.128. The van der Waals surface area contributed by atoms with Gasteiger partial charge in [-0.05, 0) is 68.1 Å². The van der Waals surface area contributed by atoms with E-state index in [2.05, 4.69) is 19.2 Å². The number of Topliss-reactive ketones (excluding diaryl/α,β-unsaturated/α-hetero) is 1. The number of carbonyl (C=O) groups excluding carboxylic acids is 1. The van der Waals surface area contributed by atoms with E-state index in [0.717, 1.165) is 42.6 Å². The van der Waals surface area contributed by atoms with Crippen LogP contribution in [0.4, 0.5) is 0 Å². The first-order valence-electron chi connectivity index (χ1n) is 8.30. The lowest BCUT2D eigenvalue weighted by molar-refractivity contribution is -0.126. The van der Waals surface area contributed by atoms with E-state index in [0.29, 0.717) is 5.78 Å². The summed E-state index contributed by atoms with van der Waals surface area (Å²) in [6, 6.07) is 0.164. The van der Waals surface area contributed by atoms with Gasteiger partial charge in [0.15, 0.2) is 5.78 Å². The van der Waals surface area contributed by atoms with Crippen molar-refractivity contribution in [1.82, 2.24) is 5.32 Å². The highest BCUT2D eigenvalue weighted by Crippen LogP contribution is 2.57. The SMILES string of the molecule is CC1(C)CNC(CC2C3CC4CC(C3)CC2C4)C1=O. The summed E-state index contributed by atoms with van der Waals surface area (Å²) in [5, 5.41) is 3.51. The molecule has 4 saturated carbocycles. The molecule has 106 valence electrons. The predicted molar refractivity (Wildman–Crippen MR) is 75.7 cm³/mol. The van der Waals surface area contributed by atoms with E-state index >= 15 is 0 Å². The Morgan fingerprint density at radius 2 is 1.63 bits per heavy atom. The minimum absolute atomic E-state index is 0.128. The first-order chi connectivity index (χ1) is 9.03. The van der Waals surface area contributed by atoms with Gasteiger partial charge in [-0.15, -0.1) is 0 Å². The van der Waals surface area contributed by atoms with Crippen molar-refractivity contribution in [2.45, 2.75) is 58.4 Å². The summed E-state index contributed by atoms with van der Waals surface area (Å²) in [5.74, 6) is 5.32. The minimum Gasteiger partial charge on any atom is -0.306 e. The van der Waals surface area contributed by atoms with Crippen molar-refractivity contribution in [1.29, 1.82) is 0 Å². The Morgan fingerprint density at radius 3 is 2.11 bits per heavy atom. The fraction of sp³-hybridized carbons (Fsp3) is 0.941. The van der Waals surface area contributed by atoms with E-state index in [4.69, 9.17) is 0 Å². The van der Waals surface area contributed by atoms with Gasteiger partial charge in [-0.3, -0.25) is 4.79 Å². The highest BCUT2D eigenvalue weighted by atomic mass is 16.1. The lowest BCUT2D eigenvalue weighted by Crippen LogP contribution is -2.47. The normalized spacial score (nSPS) is 50.9. The van der Waals surface area contributed by atoms with Gasteiger partial charge < -0.3 is 5.32 Å². The molecule has 1 saturated heterocycles. The van der Waals surface area contributed by atoms with Crippen LogP contribution in [0, 0.1) is 35.0 Å². The Kier molecular flexibility index (Phi) is 2.65. The van der Waals surface area contributed by atoms with E-state index in [1.165, 1.54) is 32.1 Å². The summed E-state index contributed by atoms with van der Waals surface area (Å²) in [7, 11) is 0. The van der Waals surface area contributed by atoms with E-state index in [9.17, 15) is 4.79 Å².